The van der Waals surface area contributed by atoms with Gasteiger partial charge in [-0.2, -0.15) is 5.10 Å². The lowest BCUT2D eigenvalue weighted by atomic mass is 10.1. The van der Waals surface area contributed by atoms with Crippen molar-refractivity contribution in [3.05, 3.63) is 24.3 Å². The molecule has 1 aromatic carbocycles. The fraction of sp³-hybridized carbons (Fsp3) is 0.308. The lowest BCUT2D eigenvalue weighted by Gasteiger charge is -2.19. The quantitative estimate of drug-likeness (QED) is 0.929. The van der Waals surface area contributed by atoms with Crippen molar-refractivity contribution in [1.29, 1.82) is 0 Å². The van der Waals surface area contributed by atoms with Crippen LogP contribution in [0.1, 0.15) is 12.8 Å². The standard InChI is InChI=1S/C13H12F3N3O3/c1-19-11(20)7-6-10(18-19)12(21)17-8-2-4-9(5-3-8)22-13(14,15)16/h2-5H,6-7H2,1H3,(H,17,21). The van der Waals surface area contributed by atoms with E-state index in [0.717, 1.165) is 17.1 Å². The first kappa shape index (κ1) is 15.8. The molecule has 0 aromatic heterocycles. The molecule has 0 fully saturated rings. The fourth-order valence-corrected chi connectivity index (χ4v) is 1.78. The zero-order valence-electron chi connectivity index (χ0n) is 11.5. The van der Waals surface area contributed by atoms with Gasteiger partial charge in [-0.25, -0.2) is 5.01 Å². The summed E-state index contributed by atoms with van der Waals surface area (Å²) in [7, 11) is 1.44. The Balaban J connectivity index is 2.00. The van der Waals surface area contributed by atoms with Gasteiger partial charge in [0.15, 0.2) is 0 Å². The van der Waals surface area contributed by atoms with Gasteiger partial charge in [0, 0.05) is 25.6 Å². The number of carbonyl (C=O) groups excluding carboxylic acids is 2. The Morgan fingerprint density at radius 1 is 1.27 bits per heavy atom. The highest BCUT2D eigenvalue weighted by atomic mass is 19.4. The van der Waals surface area contributed by atoms with Crippen LogP contribution >= 0.6 is 0 Å². The lowest BCUT2D eigenvalue weighted by molar-refractivity contribution is -0.274. The van der Waals surface area contributed by atoms with Crippen molar-refractivity contribution in [3.8, 4) is 5.75 Å². The number of amides is 2. The Labute approximate surface area is 123 Å². The number of nitrogens with one attached hydrogen (secondary N) is 1. The molecule has 0 aliphatic carbocycles. The Bertz CT molecular complexity index is 611. The summed E-state index contributed by atoms with van der Waals surface area (Å²) in [6.07, 6.45) is -4.37. The average Bonchev–Trinajstić information content (AvgIpc) is 2.42. The molecule has 1 heterocycles. The number of rotatable bonds is 3. The van der Waals surface area contributed by atoms with Gasteiger partial charge in [-0.15, -0.1) is 13.2 Å². The molecule has 0 saturated carbocycles. The maximum atomic E-state index is 12.0. The second-order valence-electron chi connectivity index (χ2n) is 4.49. The van der Waals surface area contributed by atoms with Gasteiger partial charge in [0.1, 0.15) is 11.5 Å². The first-order valence-electron chi connectivity index (χ1n) is 6.26. The number of anilines is 1. The minimum atomic E-state index is -4.77. The number of hydrazone groups is 1. The molecule has 0 saturated heterocycles. The van der Waals surface area contributed by atoms with E-state index in [1.807, 2.05) is 0 Å². The van der Waals surface area contributed by atoms with Crippen molar-refractivity contribution in [3.63, 3.8) is 0 Å². The number of benzene rings is 1. The van der Waals surface area contributed by atoms with Crippen LogP contribution in [-0.2, 0) is 9.59 Å². The molecular weight excluding hydrogens is 303 g/mol. The van der Waals surface area contributed by atoms with E-state index in [9.17, 15) is 22.8 Å². The highest BCUT2D eigenvalue weighted by Crippen LogP contribution is 2.24. The Hall–Kier alpha value is -2.58. The second kappa shape index (κ2) is 6.04. The summed E-state index contributed by atoms with van der Waals surface area (Å²) < 4.78 is 39.8. The van der Waals surface area contributed by atoms with Crippen LogP contribution in [-0.4, -0.2) is 35.9 Å². The molecule has 2 rings (SSSR count). The summed E-state index contributed by atoms with van der Waals surface area (Å²) in [4.78, 5) is 23.2. The van der Waals surface area contributed by atoms with Gasteiger partial charge in [-0.05, 0) is 24.3 Å². The van der Waals surface area contributed by atoms with E-state index in [4.69, 9.17) is 0 Å². The highest BCUT2D eigenvalue weighted by Gasteiger charge is 2.31. The smallest absolute Gasteiger partial charge is 0.406 e. The van der Waals surface area contributed by atoms with Crippen molar-refractivity contribution in [1.82, 2.24) is 5.01 Å². The number of ether oxygens (including phenoxy) is 1. The molecule has 6 nitrogen and oxygen atoms in total. The van der Waals surface area contributed by atoms with Crippen molar-refractivity contribution in [2.45, 2.75) is 19.2 Å². The predicted molar refractivity (Wildman–Crippen MR) is 71.2 cm³/mol. The van der Waals surface area contributed by atoms with Gasteiger partial charge in [0.05, 0.1) is 0 Å². The van der Waals surface area contributed by atoms with Gasteiger partial charge in [0.25, 0.3) is 5.91 Å². The monoisotopic (exact) mass is 315 g/mol. The van der Waals surface area contributed by atoms with E-state index in [1.54, 1.807) is 0 Å². The molecule has 1 aromatic rings. The van der Waals surface area contributed by atoms with E-state index in [2.05, 4.69) is 15.2 Å². The maximum absolute atomic E-state index is 12.0. The van der Waals surface area contributed by atoms with Crippen LogP contribution in [0.4, 0.5) is 18.9 Å². The normalized spacial score (nSPS) is 15.4. The van der Waals surface area contributed by atoms with E-state index >= 15 is 0 Å². The summed E-state index contributed by atoms with van der Waals surface area (Å²) >= 11 is 0. The number of alkyl halides is 3. The first-order valence-corrected chi connectivity index (χ1v) is 6.26. The third-order valence-corrected chi connectivity index (χ3v) is 2.82. The predicted octanol–water partition coefficient (Wildman–Crippen LogP) is 2.13. The molecule has 0 radical (unpaired) electrons. The zero-order valence-corrected chi connectivity index (χ0v) is 11.5. The Morgan fingerprint density at radius 3 is 2.45 bits per heavy atom. The molecule has 1 aliphatic heterocycles. The van der Waals surface area contributed by atoms with Crippen LogP contribution in [0.5, 0.6) is 5.75 Å². The minimum Gasteiger partial charge on any atom is -0.406 e. The van der Waals surface area contributed by atoms with Crippen LogP contribution < -0.4 is 10.1 Å². The summed E-state index contributed by atoms with van der Waals surface area (Å²) in [5, 5.41) is 7.41. The van der Waals surface area contributed by atoms with Crippen LogP contribution in [0.2, 0.25) is 0 Å². The maximum Gasteiger partial charge on any atom is 0.573 e. The van der Waals surface area contributed by atoms with E-state index in [-0.39, 0.29) is 30.2 Å². The van der Waals surface area contributed by atoms with Crippen molar-refractivity contribution < 1.29 is 27.5 Å². The van der Waals surface area contributed by atoms with Crippen molar-refractivity contribution in [2.24, 2.45) is 5.10 Å². The summed E-state index contributed by atoms with van der Waals surface area (Å²) in [6.45, 7) is 0. The first-order chi connectivity index (χ1) is 10.2. The molecule has 1 aliphatic rings. The van der Waals surface area contributed by atoms with Crippen LogP contribution in [0, 0.1) is 0 Å². The number of nitrogens with zero attached hydrogens (tertiary/aromatic N) is 2. The van der Waals surface area contributed by atoms with Crippen molar-refractivity contribution >= 4 is 23.2 Å². The van der Waals surface area contributed by atoms with Crippen LogP contribution in [0.15, 0.2) is 29.4 Å². The van der Waals surface area contributed by atoms with Crippen LogP contribution in [0.25, 0.3) is 0 Å². The van der Waals surface area contributed by atoms with E-state index < -0.39 is 12.3 Å². The largest absolute Gasteiger partial charge is 0.573 e. The Morgan fingerprint density at radius 2 is 1.91 bits per heavy atom. The number of halogens is 3. The summed E-state index contributed by atoms with van der Waals surface area (Å²) in [6, 6.07) is 4.72. The minimum absolute atomic E-state index is 0.178. The molecule has 118 valence electrons. The fourth-order valence-electron chi connectivity index (χ4n) is 1.78. The molecule has 22 heavy (non-hydrogen) atoms. The van der Waals surface area contributed by atoms with Gasteiger partial charge >= 0.3 is 6.36 Å². The van der Waals surface area contributed by atoms with Gasteiger partial charge in [-0.3, -0.25) is 9.59 Å². The zero-order chi connectivity index (χ0) is 16.3. The summed E-state index contributed by atoms with van der Waals surface area (Å²) in [5.74, 6) is -1.08. The second-order valence-corrected chi connectivity index (χ2v) is 4.49. The van der Waals surface area contributed by atoms with Gasteiger partial charge < -0.3 is 10.1 Å². The molecular formula is C13H12F3N3O3. The molecule has 0 bridgehead atoms. The number of hydrogen-bond donors (Lipinski definition) is 1. The third-order valence-electron chi connectivity index (χ3n) is 2.82. The van der Waals surface area contributed by atoms with E-state index in [1.165, 1.54) is 19.2 Å². The number of carbonyl (C=O) groups is 2. The number of hydrogen-bond acceptors (Lipinski definition) is 4. The van der Waals surface area contributed by atoms with E-state index in [0.29, 0.717) is 5.69 Å². The lowest BCUT2D eigenvalue weighted by Crippen LogP contribution is -2.34. The third kappa shape index (κ3) is 4.21. The average molecular weight is 315 g/mol. The molecule has 0 atom stereocenters. The van der Waals surface area contributed by atoms with Crippen LogP contribution in [0.3, 0.4) is 0 Å². The Kier molecular flexibility index (Phi) is 4.34. The molecule has 2 amide bonds. The molecule has 0 unspecified atom stereocenters. The SMILES string of the molecule is CN1N=C(C(=O)Nc2ccc(OC(F)(F)F)cc2)CCC1=O. The molecule has 0 spiro atoms. The van der Waals surface area contributed by atoms with Gasteiger partial charge in [0.2, 0.25) is 5.91 Å². The molecule has 9 heteroatoms. The topological polar surface area (TPSA) is 71.0 Å². The van der Waals surface area contributed by atoms with Crippen molar-refractivity contribution in [2.75, 3.05) is 12.4 Å². The van der Waals surface area contributed by atoms with Gasteiger partial charge in [-0.1, -0.05) is 0 Å². The summed E-state index contributed by atoms with van der Waals surface area (Å²) in [5.41, 5.74) is 0.472. The molecule has 1 N–H and O–H groups in total. The highest BCUT2D eigenvalue weighted by molar-refractivity contribution is 6.43.